The number of hydrogen-bond acceptors (Lipinski definition) is 3. The molecule has 4 nitrogen and oxygen atoms in total. The van der Waals surface area contributed by atoms with Crippen LogP contribution in [0.1, 0.15) is 5.56 Å². The van der Waals surface area contributed by atoms with Crippen LogP contribution in [0.5, 0.6) is 0 Å². The molecule has 0 atom stereocenters. The molecule has 0 spiro atoms. The first kappa shape index (κ1) is 10.3. The summed E-state index contributed by atoms with van der Waals surface area (Å²) < 4.78 is 0. The number of H-pyrrole nitrogens is 1. The molecule has 0 radical (unpaired) electrons. The van der Waals surface area contributed by atoms with Gasteiger partial charge in [0.15, 0.2) is 0 Å². The van der Waals surface area contributed by atoms with E-state index in [1.165, 1.54) is 0 Å². The molecule has 2 heterocycles. The first-order valence-electron chi connectivity index (χ1n) is 4.56. The summed E-state index contributed by atoms with van der Waals surface area (Å²) in [6.45, 7) is 0. The topological polar surface area (TPSA) is 78.5 Å². The van der Waals surface area contributed by atoms with Crippen LogP contribution in [0, 0.1) is 11.3 Å². The first-order chi connectivity index (χ1) is 7.72. The summed E-state index contributed by atoms with van der Waals surface area (Å²) in [5.41, 5.74) is 8.21. The lowest BCUT2D eigenvalue weighted by atomic mass is 10.2. The van der Waals surface area contributed by atoms with Gasteiger partial charge < -0.3 is 10.7 Å². The number of nitrogens with two attached hydrogens (primary N) is 1. The highest BCUT2D eigenvalue weighted by Gasteiger charge is 2.05. The van der Waals surface area contributed by atoms with Gasteiger partial charge in [-0.15, -0.1) is 0 Å². The molecule has 78 valence electrons. The molecule has 0 saturated heterocycles. The Balaban J connectivity index is 2.57. The summed E-state index contributed by atoms with van der Waals surface area (Å²) in [5.74, 6) is 0. The second-order valence-corrected chi connectivity index (χ2v) is 3.62. The van der Waals surface area contributed by atoms with Gasteiger partial charge in [-0.25, -0.2) is 0 Å². The van der Waals surface area contributed by atoms with Crippen molar-refractivity contribution in [3.8, 4) is 6.07 Å². The Morgan fingerprint density at radius 1 is 1.62 bits per heavy atom. The molecule has 0 unspecified atom stereocenters. The highest BCUT2D eigenvalue weighted by Crippen LogP contribution is 2.17. The number of hydrogen-bond donors (Lipinski definition) is 2. The number of aromatic amines is 1. The van der Waals surface area contributed by atoms with Gasteiger partial charge in [-0.05, 0) is 18.2 Å². The molecule has 0 aromatic carbocycles. The maximum Gasteiger partial charge on any atom is 0.114 e. The average molecular weight is 228 g/mol. The Morgan fingerprint density at radius 3 is 3.12 bits per heavy atom. The van der Waals surface area contributed by atoms with Crippen LogP contribution in [-0.2, 0) is 0 Å². The van der Waals surface area contributed by atoms with Gasteiger partial charge >= 0.3 is 0 Å². The van der Waals surface area contributed by atoms with E-state index in [4.69, 9.17) is 23.2 Å². The molecule has 0 saturated carbocycles. The highest BCUT2D eigenvalue weighted by atomic mass is 32.1. The maximum atomic E-state index is 8.85. The third-order valence-corrected chi connectivity index (χ3v) is 2.37. The zero-order valence-corrected chi connectivity index (χ0v) is 9.08. The van der Waals surface area contributed by atoms with E-state index in [0.29, 0.717) is 0 Å². The number of fused-ring (bicyclic) bond motifs is 1. The van der Waals surface area contributed by atoms with Crippen LogP contribution in [-0.4, -0.2) is 15.0 Å². The molecule has 0 aliphatic carbocycles. The van der Waals surface area contributed by atoms with E-state index in [-0.39, 0.29) is 10.6 Å². The van der Waals surface area contributed by atoms with Crippen molar-refractivity contribution in [1.29, 1.82) is 5.26 Å². The fraction of sp³-hybridized carbons (Fsp3) is 0. The van der Waals surface area contributed by atoms with Gasteiger partial charge in [0.2, 0.25) is 0 Å². The van der Waals surface area contributed by atoms with Crippen molar-refractivity contribution in [2.75, 3.05) is 0 Å². The molecule has 2 aromatic rings. The van der Waals surface area contributed by atoms with Crippen LogP contribution in [0.25, 0.3) is 17.1 Å². The van der Waals surface area contributed by atoms with Gasteiger partial charge in [0.25, 0.3) is 0 Å². The lowest BCUT2D eigenvalue weighted by Crippen LogP contribution is -2.09. The summed E-state index contributed by atoms with van der Waals surface area (Å²) >= 11 is 4.77. The minimum Gasteiger partial charge on any atom is -0.389 e. The highest BCUT2D eigenvalue weighted by molar-refractivity contribution is 7.80. The van der Waals surface area contributed by atoms with Crippen LogP contribution in [0.3, 0.4) is 0 Å². The monoisotopic (exact) mass is 228 g/mol. The maximum absolute atomic E-state index is 8.85. The normalized spacial score (nSPS) is 11.3. The fourth-order valence-electron chi connectivity index (χ4n) is 1.40. The predicted octanol–water partition coefficient (Wildman–Crippen LogP) is 1.76. The zero-order chi connectivity index (χ0) is 11.5. The predicted molar refractivity (Wildman–Crippen MR) is 66.5 cm³/mol. The number of nitrogens with zero attached hydrogens (tertiary/aromatic N) is 2. The van der Waals surface area contributed by atoms with Gasteiger partial charge in [0.05, 0.1) is 16.6 Å². The van der Waals surface area contributed by atoms with Gasteiger partial charge in [-0.3, -0.25) is 4.98 Å². The Labute approximate surface area is 97.4 Å². The molecular weight excluding hydrogens is 220 g/mol. The second kappa shape index (κ2) is 4.13. The summed E-state index contributed by atoms with van der Waals surface area (Å²) in [6.07, 6.45) is 5.10. The van der Waals surface area contributed by atoms with Crippen molar-refractivity contribution in [1.82, 2.24) is 9.97 Å². The average Bonchev–Trinajstić information content (AvgIpc) is 2.69. The van der Waals surface area contributed by atoms with Gasteiger partial charge in [0.1, 0.15) is 11.1 Å². The van der Waals surface area contributed by atoms with E-state index in [1.54, 1.807) is 18.5 Å². The summed E-state index contributed by atoms with van der Waals surface area (Å²) in [7, 11) is 0. The molecule has 0 aliphatic heterocycles. The Bertz CT molecular complexity index is 618. The SMILES string of the molecule is N#CC(=Cc1c[nH]c2cccnc12)C(N)=S. The molecule has 2 aromatic heterocycles. The van der Waals surface area contributed by atoms with E-state index in [9.17, 15) is 0 Å². The minimum absolute atomic E-state index is 0.0905. The van der Waals surface area contributed by atoms with E-state index in [0.717, 1.165) is 16.6 Å². The number of thiocarbonyl (C=S) groups is 1. The quantitative estimate of drug-likeness (QED) is 0.466. The van der Waals surface area contributed by atoms with Gasteiger partial charge in [-0.1, -0.05) is 12.2 Å². The standard InChI is InChI=1S/C11H8N4S/c12-5-7(11(13)16)4-8-6-15-9-2-1-3-14-10(8)9/h1-4,6,15H,(H2,13,16). The summed E-state index contributed by atoms with van der Waals surface area (Å²) in [4.78, 5) is 7.37. The summed E-state index contributed by atoms with van der Waals surface area (Å²) in [6, 6.07) is 5.71. The van der Waals surface area contributed by atoms with Crippen molar-refractivity contribution >= 4 is 34.3 Å². The van der Waals surface area contributed by atoms with Crippen LogP contribution >= 0.6 is 12.2 Å². The van der Waals surface area contributed by atoms with E-state index in [2.05, 4.69) is 9.97 Å². The number of pyridine rings is 1. The molecule has 2 rings (SSSR count). The van der Waals surface area contributed by atoms with Gasteiger partial charge in [0, 0.05) is 18.0 Å². The number of rotatable bonds is 2. The largest absolute Gasteiger partial charge is 0.389 e. The second-order valence-electron chi connectivity index (χ2n) is 3.18. The van der Waals surface area contributed by atoms with Crippen LogP contribution in [0.4, 0.5) is 0 Å². The van der Waals surface area contributed by atoms with Crippen LogP contribution in [0.2, 0.25) is 0 Å². The molecular formula is C11H8N4S. The van der Waals surface area contributed by atoms with Crippen molar-refractivity contribution < 1.29 is 0 Å². The molecule has 3 N–H and O–H groups in total. The zero-order valence-electron chi connectivity index (χ0n) is 8.27. The third-order valence-electron chi connectivity index (χ3n) is 2.15. The van der Waals surface area contributed by atoms with Crippen molar-refractivity contribution in [2.45, 2.75) is 0 Å². The molecule has 0 bridgehead atoms. The first-order valence-corrected chi connectivity index (χ1v) is 4.97. The number of nitriles is 1. The van der Waals surface area contributed by atoms with Crippen molar-refractivity contribution in [3.05, 3.63) is 35.7 Å². The van der Waals surface area contributed by atoms with Crippen molar-refractivity contribution in [3.63, 3.8) is 0 Å². The van der Waals surface area contributed by atoms with E-state index < -0.39 is 0 Å². The van der Waals surface area contributed by atoms with Crippen molar-refractivity contribution in [2.24, 2.45) is 5.73 Å². The minimum atomic E-state index is 0.0905. The Hall–Kier alpha value is -2.19. The Kier molecular flexibility index (Phi) is 2.66. The third kappa shape index (κ3) is 1.78. The van der Waals surface area contributed by atoms with E-state index in [1.807, 2.05) is 18.2 Å². The van der Waals surface area contributed by atoms with Gasteiger partial charge in [-0.2, -0.15) is 5.26 Å². The molecule has 0 fully saturated rings. The van der Waals surface area contributed by atoms with Crippen LogP contribution < -0.4 is 5.73 Å². The number of nitrogens with one attached hydrogen (secondary N) is 1. The van der Waals surface area contributed by atoms with Crippen LogP contribution in [0.15, 0.2) is 30.1 Å². The lowest BCUT2D eigenvalue weighted by molar-refractivity contribution is 1.41. The fourth-order valence-corrected chi connectivity index (χ4v) is 1.50. The molecule has 0 amide bonds. The Morgan fingerprint density at radius 2 is 2.44 bits per heavy atom. The lowest BCUT2D eigenvalue weighted by Gasteiger charge is -1.93. The summed E-state index contributed by atoms with van der Waals surface area (Å²) in [5, 5.41) is 8.85. The smallest absolute Gasteiger partial charge is 0.114 e. The molecule has 0 aliphatic rings. The number of aromatic nitrogens is 2. The molecule has 16 heavy (non-hydrogen) atoms. The molecule has 5 heteroatoms. The van der Waals surface area contributed by atoms with E-state index >= 15 is 0 Å².